The Morgan fingerprint density at radius 1 is 1.12 bits per heavy atom. The number of likely N-dealkylation sites (tertiary alicyclic amines) is 1. The number of amides is 2. The number of hydrogen-bond donors (Lipinski definition) is 1. The summed E-state index contributed by atoms with van der Waals surface area (Å²) in [6, 6.07) is 12.8. The first-order valence-corrected chi connectivity index (χ1v) is 12.8. The number of carbonyl (C=O) groups excluding carboxylic acids is 2. The summed E-state index contributed by atoms with van der Waals surface area (Å²) in [5.41, 5.74) is 1.81. The van der Waals surface area contributed by atoms with Crippen LogP contribution in [0.1, 0.15) is 37.0 Å². The van der Waals surface area contributed by atoms with E-state index in [0.717, 1.165) is 61.4 Å². The number of H-pyrrole nitrogens is 1. The van der Waals surface area contributed by atoms with Gasteiger partial charge in [-0.1, -0.05) is 6.07 Å². The van der Waals surface area contributed by atoms with E-state index in [0.29, 0.717) is 18.4 Å². The quantitative estimate of drug-likeness (QED) is 0.620. The number of nitrogens with one attached hydrogen (secondary N) is 1. The Morgan fingerprint density at radius 3 is 2.79 bits per heavy atom. The fourth-order valence-electron chi connectivity index (χ4n) is 5.31. The van der Waals surface area contributed by atoms with Crippen molar-refractivity contribution in [1.29, 1.82) is 0 Å². The van der Waals surface area contributed by atoms with Crippen molar-refractivity contribution in [2.75, 3.05) is 19.6 Å². The molecule has 0 bridgehead atoms. The summed E-state index contributed by atoms with van der Waals surface area (Å²) in [7, 11) is 0. The lowest BCUT2D eigenvalue weighted by molar-refractivity contribution is -0.131. The smallest absolute Gasteiger partial charge is 0.256 e. The van der Waals surface area contributed by atoms with Gasteiger partial charge in [-0.2, -0.15) is 0 Å². The van der Waals surface area contributed by atoms with Gasteiger partial charge in [0.2, 0.25) is 5.91 Å². The zero-order valence-corrected chi connectivity index (χ0v) is 19.2. The molecule has 1 N–H and O–H groups in total. The number of aromatic nitrogens is 1. The third kappa shape index (κ3) is 3.24. The van der Waals surface area contributed by atoms with Crippen molar-refractivity contribution in [1.82, 2.24) is 14.8 Å². The molecule has 6 nitrogen and oxygen atoms in total. The highest BCUT2D eigenvalue weighted by molar-refractivity contribution is 7.17. The van der Waals surface area contributed by atoms with Crippen molar-refractivity contribution in [2.24, 2.45) is 16.8 Å². The number of nitrogens with zero attached hydrogens (tertiary/aromatic N) is 3. The molecule has 2 aromatic heterocycles. The minimum Gasteiger partial charge on any atom is -0.361 e. The van der Waals surface area contributed by atoms with Crippen LogP contribution in [0.2, 0.25) is 0 Å². The predicted octanol–water partition coefficient (Wildman–Crippen LogP) is 4.28. The highest BCUT2D eigenvalue weighted by atomic mass is 32.1. The normalized spacial score (nSPS) is 23.7. The number of benzene rings is 1. The molecule has 1 atom stereocenters. The fraction of sp³-hybridized carbons (Fsp3) is 0.423. The number of thiophene rings is 1. The Labute approximate surface area is 196 Å². The molecule has 4 heterocycles. The molecule has 168 valence electrons. The van der Waals surface area contributed by atoms with E-state index >= 15 is 0 Å². The van der Waals surface area contributed by atoms with Gasteiger partial charge in [0.05, 0.1) is 4.88 Å². The summed E-state index contributed by atoms with van der Waals surface area (Å²) in [5, 5.41) is 1.20. The van der Waals surface area contributed by atoms with Crippen molar-refractivity contribution >= 4 is 39.9 Å². The van der Waals surface area contributed by atoms with E-state index in [1.165, 1.54) is 15.8 Å². The van der Waals surface area contributed by atoms with Crippen LogP contribution < -0.4 is 0 Å². The monoisotopic (exact) mass is 458 g/mol. The molecule has 1 spiro atoms. The first kappa shape index (κ1) is 19.5. The Balaban J connectivity index is 1.14. The molecule has 1 aromatic carbocycles. The molecule has 7 rings (SSSR count). The molecule has 7 heteroatoms. The van der Waals surface area contributed by atoms with E-state index in [4.69, 9.17) is 4.99 Å². The van der Waals surface area contributed by atoms with E-state index in [2.05, 4.69) is 41.4 Å². The van der Waals surface area contributed by atoms with Gasteiger partial charge in [-0.05, 0) is 79.3 Å². The van der Waals surface area contributed by atoms with Crippen LogP contribution in [0.5, 0.6) is 0 Å². The third-order valence-electron chi connectivity index (χ3n) is 7.57. The van der Waals surface area contributed by atoms with Crippen LogP contribution in [0.15, 0.2) is 47.6 Å². The number of carbonyl (C=O) groups is 2. The van der Waals surface area contributed by atoms with Gasteiger partial charge in [0, 0.05) is 42.1 Å². The van der Waals surface area contributed by atoms with Crippen LogP contribution in [0, 0.1) is 11.8 Å². The van der Waals surface area contributed by atoms with Gasteiger partial charge in [-0.25, -0.2) is 0 Å². The highest BCUT2D eigenvalue weighted by Gasteiger charge is 2.57. The summed E-state index contributed by atoms with van der Waals surface area (Å²) in [6.07, 6.45) is 6.72. The van der Waals surface area contributed by atoms with Gasteiger partial charge in [0.15, 0.2) is 0 Å². The van der Waals surface area contributed by atoms with Gasteiger partial charge < -0.3 is 9.88 Å². The topological polar surface area (TPSA) is 68.8 Å². The molecule has 3 fully saturated rings. The van der Waals surface area contributed by atoms with Gasteiger partial charge in [-0.3, -0.25) is 19.5 Å². The Bertz CT molecular complexity index is 1310. The third-order valence-corrected chi connectivity index (χ3v) is 8.70. The van der Waals surface area contributed by atoms with Crippen LogP contribution in [-0.4, -0.2) is 57.6 Å². The summed E-state index contributed by atoms with van der Waals surface area (Å²) < 4.78 is 0. The summed E-state index contributed by atoms with van der Waals surface area (Å²) >= 11 is 1.70. The minimum absolute atomic E-state index is 0.160. The summed E-state index contributed by atoms with van der Waals surface area (Å²) in [4.78, 5) is 40.2. The van der Waals surface area contributed by atoms with Crippen LogP contribution >= 0.6 is 11.3 Å². The van der Waals surface area contributed by atoms with Crippen LogP contribution in [-0.2, 0) is 9.59 Å². The van der Waals surface area contributed by atoms with Crippen molar-refractivity contribution in [3.05, 3.63) is 47.5 Å². The van der Waals surface area contributed by atoms with Gasteiger partial charge in [0.25, 0.3) is 5.91 Å². The molecule has 2 aliphatic carbocycles. The number of aromatic amines is 1. The molecule has 33 heavy (non-hydrogen) atoms. The van der Waals surface area contributed by atoms with E-state index in [1.54, 1.807) is 11.3 Å². The second kappa shape index (κ2) is 7.03. The molecule has 1 saturated heterocycles. The fourth-order valence-corrected chi connectivity index (χ4v) is 6.31. The van der Waals surface area contributed by atoms with Gasteiger partial charge >= 0.3 is 0 Å². The molecule has 2 saturated carbocycles. The van der Waals surface area contributed by atoms with E-state index in [1.807, 2.05) is 16.0 Å². The average Bonchev–Trinajstić information content (AvgIpc) is 3.59. The largest absolute Gasteiger partial charge is 0.361 e. The summed E-state index contributed by atoms with van der Waals surface area (Å²) in [6.45, 7) is 2.26. The van der Waals surface area contributed by atoms with Crippen molar-refractivity contribution in [2.45, 2.75) is 37.6 Å². The zero-order valence-electron chi connectivity index (χ0n) is 18.4. The molecule has 4 aliphatic rings. The standard InChI is InChI=1S/C26H26N4O2S/c31-24(17-1-2-17)29-12-8-16(14-29)15-30-23(28-26(9-10-26)25(30)32)22-6-5-21(33-22)19-3-4-20-18(13-19)7-11-27-20/h3-7,11,13,16-17,27H,1-2,8-10,12,14-15H2. The Hall–Kier alpha value is -2.93. The summed E-state index contributed by atoms with van der Waals surface area (Å²) in [5.74, 6) is 1.90. The molecular formula is C26H26N4O2S. The molecule has 2 aliphatic heterocycles. The van der Waals surface area contributed by atoms with Crippen LogP contribution in [0.25, 0.3) is 21.3 Å². The number of hydrogen-bond acceptors (Lipinski definition) is 4. The molecule has 0 radical (unpaired) electrons. The molecular weight excluding hydrogens is 432 g/mol. The number of fused-ring (bicyclic) bond motifs is 1. The maximum atomic E-state index is 13.3. The molecule has 1 unspecified atom stereocenters. The Morgan fingerprint density at radius 2 is 1.97 bits per heavy atom. The minimum atomic E-state index is -0.508. The average molecular weight is 459 g/mol. The van der Waals surface area contributed by atoms with E-state index < -0.39 is 5.54 Å². The lowest BCUT2D eigenvalue weighted by Gasteiger charge is -2.23. The second-order valence-electron chi connectivity index (χ2n) is 10.0. The van der Waals surface area contributed by atoms with E-state index in [-0.39, 0.29) is 11.8 Å². The zero-order chi connectivity index (χ0) is 22.2. The van der Waals surface area contributed by atoms with Gasteiger partial charge in [0.1, 0.15) is 11.4 Å². The first-order chi connectivity index (χ1) is 16.1. The Kier molecular flexibility index (Phi) is 4.16. The molecule has 3 aromatic rings. The second-order valence-corrected chi connectivity index (χ2v) is 11.1. The SMILES string of the molecule is O=C(C1CC1)N1CCC(CN2C(=O)C3(CC3)N=C2c2ccc(-c3ccc4[nH]ccc4c3)s2)C1. The number of amidine groups is 1. The van der Waals surface area contributed by atoms with Crippen molar-refractivity contribution in [3.63, 3.8) is 0 Å². The lowest BCUT2D eigenvalue weighted by atomic mass is 10.1. The maximum Gasteiger partial charge on any atom is 0.256 e. The van der Waals surface area contributed by atoms with Crippen molar-refractivity contribution < 1.29 is 9.59 Å². The van der Waals surface area contributed by atoms with Crippen LogP contribution in [0.3, 0.4) is 0 Å². The maximum absolute atomic E-state index is 13.3. The van der Waals surface area contributed by atoms with Gasteiger partial charge in [-0.15, -0.1) is 11.3 Å². The number of rotatable bonds is 5. The highest BCUT2D eigenvalue weighted by Crippen LogP contribution is 2.47. The number of aliphatic imine (C=N–C) groups is 1. The first-order valence-electron chi connectivity index (χ1n) is 12.0. The molecule has 2 amide bonds. The van der Waals surface area contributed by atoms with Crippen molar-refractivity contribution in [3.8, 4) is 10.4 Å². The predicted molar refractivity (Wildman–Crippen MR) is 129 cm³/mol. The lowest BCUT2D eigenvalue weighted by Crippen LogP contribution is -2.40. The van der Waals surface area contributed by atoms with Crippen LogP contribution in [0.4, 0.5) is 0 Å². The van der Waals surface area contributed by atoms with E-state index in [9.17, 15) is 9.59 Å².